The van der Waals surface area contributed by atoms with Crippen LogP contribution in [0.1, 0.15) is 34.8 Å². The third-order valence-electron chi connectivity index (χ3n) is 2.73. The molecule has 0 saturated carbocycles. The fourth-order valence-electron chi connectivity index (χ4n) is 1.67. The lowest BCUT2D eigenvalue weighted by Gasteiger charge is -2.06. The number of anilines is 1. The summed E-state index contributed by atoms with van der Waals surface area (Å²) >= 11 is 0. The van der Waals surface area contributed by atoms with Crippen LogP contribution in [0.4, 0.5) is 5.69 Å². The number of carbonyl (C=O) groups is 1. The molecule has 6 heteroatoms. The summed E-state index contributed by atoms with van der Waals surface area (Å²) in [6.45, 7) is 1.95. The molecule has 0 fully saturated rings. The Morgan fingerprint density at radius 1 is 1.45 bits per heavy atom. The van der Waals surface area contributed by atoms with Crippen LogP contribution in [0.5, 0.6) is 0 Å². The second kappa shape index (κ2) is 6.31. The molecule has 106 valence electrons. The number of aliphatic hydroxyl groups excluding tert-OH is 1. The first kappa shape index (κ1) is 14.2. The minimum atomic E-state index is -0.535. The van der Waals surface area contributed by atoms with Gasteiger partial charge in [0.05, 0.1) is 6.10 Å². The highest BCUT2D eigenvalue weighted by molar-refractivity contribution is 6.02. The van der Waals surface area contributed by atoms with Gasteiger partial charge in [-0.1, -0.05) is 17.3 Å². The number of aliphatic hydroxyl groups is 1. The number of ether oxygens (including phenoxy) is 1. The summed E-state index contributed by atoms with van der Waals surface area (Å²) in [4.78, 5) is 11.9. The molecule has 2 N–H and O–H groups in total. The first-order valence-electron chi connectivity index (χ1n) is 6.14. The zero-order valence-corrected chi connectivity index (χ0v) is 11.3. The number of nitrogens with zero attached hydrogens (tertiary/aromatic N) is 1. The number of aromatic nitrogens is 1. The van der Waals surface area contributed by atoms with Crippen molar-refractivity contribution in [1.29, 1.82) is 0 Å². The molecule has 0 radical (unpaired) electrons. The second-order valence-corrected chi connectivity index (χ2v) is 4.36. The molecular weight excluding hydrogens is 260 g/mol. The van der Waals surface area contributed by atoms with E-state index in [0.29, 0.717) is 11.4 Å². The average molecular weight is 276 g/mol. The lowest BCUT2D eigenvalue weighted by molar-refractivity contribution is 0.101. The Morgan fingerprint density at radius 3 is 2.75 bits per heavy atom. The largest absolute Gasteiger partial charge is 0.389 e. The minimum Gasteiger partial charge on any atom is -0.389 e. The summed E-state index contributed by atoms with van der Waals surface area (Å²) < 4.78 is 9.83. The monoisotopic (exact) mass is 276 g/mol. The Hall–Kier alpha value is -2.18. The molecule has 2 rings (SSSR count). The van der Waals surface area contributed by atoms with Gasteiger partial charge in [-0.3, -0.25) is 4.79 Å². The highest BCUT2D eigenvalue weighted by atomic mass is 16.5. The summed E-state index contributed by atoms with van der Waals surface area (Å²) in [7, 11) is 1.53. The van der Waals surface area contributed by atoms with E-state index in [0.717, 1.165) is 5.56 Å². The lowest BCUT2D eigenvalue weighted by atomic mass is 10.1. The maximum atomic E-state index is 11.9. The molecule has 1 atom stereocenters. The molecule has 0 aliphatic carbocycles. The highest BCUT2D eigenvalue weighted by Gasteiger charge is 2.12. The van der Waals surface area contributed by atoms with Crippen molar-refractivity contribution in [3.8, 4) is 0 Å². The van der Waals surface area contributed by atoms with Crippen LogP contribution in [0.25, 0.3) is 0 Å². The van der Waals surface area contributed by atoms with Crippen molar-refractivity contribution in [2.45, 2.75) is 19.6 Å². The topological polar surface area (TPSA) is 84.6 Å². The predicted molar refractivity (Wildman–Crippen MR) is 72.2 cm³/mol. The number of amides is 1. The lowest BCUT2D eigenvalue weighted by Crippen LogP contribution is -2.12. The van der Waals surface area contributed by atoms with E-state index in [1.54, 1.807) is 31.2 Å². The predicted octanol–water partition coefficient (Wildman–Crippen LogP) is 2.13. The first-order valence-corrected chi connectivity index (χ1v) is 6.14. The van der Waals surface area contributed by atoms with E-state index in [1.165, 1.54) is 13.2 Å². The SMILES string of the molecule is COCc1cc(C(=O)Nc2ccc(C(C)O)cc2)no1. The zero-order chi connectivity index (χ0) is 14.5. The van der Waals surface area contributed by atoms with Gasteiger partial charge in [-0.05, 0) is 24.6 Å². The van der Waals surface area contributed by atoms with Gasteiger partial charge in [0, 0.05) is 18.9 Å². The molecule has 0 aliphatic heterocycles. The number of benzene rings is 1. The number of rotatable bonds is 5. The molecule has 1 heterocycles. The Bertz CT molecular complexity index is 575. The highest BCUT2D eigenvalue weighted by Crippen LogP contribution is 2.16. The van der Waals surface area contributed by atoms with E-state index < -0.39 is 6.10 Å². The standard InChI is InChI=1S/C14H16N2O4/c1-9(17)10-3-5-11(6-4-10)15-14(18)13-7-12(8-19-2)20-16-13/h3-7,9,17H,8H2,1-2H3,(H,15,18). The molecule has 1 amide bonds. The van der Waals surface area contributed by atoms with Crippen molar-refractivity contribution in [3.05, 3.63) is 47.3 Å². The third-order valence-corrected chi connectivity index (χ3v) is 2.73. The normalized spacial score (nSPS) is 12.2. The van der Waals surface area contributed by atoms with Gasteiger partial charge in [0.2, 0.25) is 0 Å². The van der Waals surface area contributed by atoms with Gasteiger partial charge in [-0.25, -0.2) is 0 Å². The molecule has 0 spiro atoms. The quantitative estimate of drug-likeness (QED) is 0.873. The van der Waals surface area contributed by atoms with Crippen molar-refractivity contribution in [1.82, 2.24) is 5.16 Å². The van der Waals surface area contributed by atoms with E-state index >= 15 is 0 Å². The molecule has 0 aliphatic rings. The van der Waals surface area contributed by atoms with Crippen LogP contribution in [-0.4, -0.2) is 23.3 Å². The molecule has 2 aromatic rings. The van der Waals surface area contributed by atoms with Crippen molar-refractivity contribution in [2.75, 3.05) is 12.4 Å². The molecule has 1 unspecified atom stereocenters. The number of nitrogens with one attached hydrogen (secondary N) is 1. The van der Waals surface area contributed by atoms with Gasteiger partial charge < -0.3 is 19.7 Å². The average Bonchev–Trinajstić information content (AvgIpc) is 2.88. The Labute approximate surface area is 116 Å². The summed E-state index contributed by atoms with van der Waals surface area (Å²) in [6, 6.07) is 8.47. The van der Waals surface area contributed by atoms with Crippen LogP contribution in [0, 0.1) is 0 Å². The number of carbonyl (C=O) groups excluding carboxylic acids is 1. The number of methoxy groups -OCH3 is 1. The van der Waals surface area contributed by atoms with E-state index in [9.17, 15) is 9.90 Å². The molecule has 6 nitrogen and oxygen atoms in total. The van der Waals surface area contributed by atoms with E-state index in [2.05, 4.69) is 10.5 Å². The molecule has 0 bridgehead atoms. The summed E-state index contributed by atoms with van der Waals surface area (Å²) in [5.41, 5.74) is 1.60. The van der Waals surface area contributed by atoms with Gasteiger partial charge in [0.15, 0.2) is 11.5 Å². The fourth-order valence-corrected chi connectivity index (χ4v) is 1.67. The maximum Gasteiger partial charge on any atom is 0.277 e. The van der Waals surface area contributed by atoms with Crippen LogP contribution in [0.2, 0.25) is 0 Å². The fraction of sp³-hybridized carbons (Fsp3) is 0.286. The van der Waals surface area contributed by atoms with Crippen molar-refractivity contribution >= 4 is 11.6 Å². The molecule has 1 aromatic heterocycles. The summed E-state index contributed by atoms with van der Waals surface area (Å²) in [6.07, 6.45) is -0.535. The summed E-state index contributed by atoms with van der Waals surface area (Å²) in [5.74, 6) is 0.128. The summed E-state index contributed by atoms with van der Waals surface area (Å²) in [5, 5.41) is 15.8. The number of hydrogen-bond donors (Lipinski definition) is 2. The van der Waals surface area contributed by atoms with Crippen LogP contribution in [0.15, 0.2) is 34.9 Å². The Morgan fingerprint density at radius 2 is 2.15 bits per heavy atom. The molecule has 1 aromatic carbocycles. The van der Waals surface area contributed by atoms with Crippen molar-refractivity contribution in [2.24, 2.45) is 0 Å². The maximum absolute atomic E-state index is 11.9. The van der Waals surface area contributed by atoms with Crippen LogP contribution >= 0.6 is 0 Å². The van der Waals surface area contributed by atoms with Gasteiger partial charge in [0.1, 0.15) is 6.61 Å². The van der Waals surface area contributed by atoms with Crippen LogP contribution in [0.3, 0.4) is 0 Å². The molecular formula is C14H16N2O4. The smallest absolute Gasteiger partial charge is 0.277 e. The van der Waals surface area contributed by atoms with Gasteiger partial charge in [0.25, 0.3) is 5.91 Å². The van der Waals surface area contributed by atoms with Crippen molar-refractivity contribution < 1.29 is 19.2 Å². The number of hydrogen-bond acceptors (Lipinski definition) is 5. The second-order valence-electron chi connectivity index (χ2n) is 4.36. The van der Waals surface area contributed by atoms with E-state index in [-0.39, 0.29) is 18.2 Å². The Balaban J connectivity index is 2.03. The van der Waals surface area contributed by atoms with Crippen molar-refractivity contribution in [3.63, 3.8) is 0 Å². The molecule has 20 heavy (non-hydrogen) atoms. The van der Waals surface area contributed by atoms with Crippen LogP contribution < -0.4 is 5.32 Å². The van der Waals surface area contributed by atoms with Gasteiger partial charge in [-0.2, -0.15) is 0 Å². The van der Waals surface area contributed by atoms with Gasteiger partial charge >= 0.3 is 0 Å². The van der Waals surface area contributed by atoms with E-state index in [1.807, 2.05) is 0 Å². The minimum absolute atomic E-state index is 0.191. The first-order chi connectivity index (χ1) is 9.60. The third kappa shape index (κ3) is 3.43. The van der Waals surface area contributed by atoms with Gasteiger partial charge in [-0.15, -0.1) is 0 Å². The van der Waals surface area contributed by atoms with E-state index in [4.69, 9.17) is 9.26 Å². The van der Waals surface area contributed by atoms with Crippen LogP contribution in [-0.2, 0) is 11.3 Å². The molecule has 0 saturated heterocycles. The Kier molecular flexibility index (Phi) is 4.49. The zero-order valence-electron chi connectivity index (χ0n) is 11.3.